The van der Waals surface area contributed by atoms with Gasteiger partial charge in [-0.25, -0.2) is 8.42 Å². The van der Waals surface area contributed by atoms with Crippen LogP contribution in [0.2, 0.25) is 0 Å². The molecule has 1 saturated heterocycles. The average molecular weight is 246 g/mol. The standard InChI is InChI=1S/C10H12ClNO2S/c11-15(13,14)10-6-2-1-4-8(10)9-5-3-7-12-9/h1-2,4,6,9,12H,3,5,7H2. The molecule has 1 aromatic rings. The van der Waals surface area contributed by atoms with Gasteiger partial charge in [0.1, 0.15) is 0 Å². The van der Waals surface area contributed by atoms with Crippen LogP contribution in [0.1, 0.15) is 24.4 Å². The van der Waals surface area contributed by atoms with Gasteiger partial charge in [-0.3, -0.25) is 0 Å². The first-order chi connectivity index (χ1) is 7.09. The van der Waals surface area contributed by atoms with Gasteiger partial charge in [0, 0.05) is 16.7 Å². The highest BCUT2D eigenvalue weighted by molar-refractivity contribution is 8.13. The molecule has 1 N–H and O–H groups in total. The second-order valence-corrected chi connectivity index (χ2v) is 6.16. The molecule has 0 saturated carbocycles. The lowest BCUT2D eigenvalue weighted by Gasteiger charge is -2.13. The monoisotopic (exact) mass is 245 g/mol. The van der Waals surface area contributed by atoms with E-state index in [9.17, 15) is 8.42 Å². The molecule has 0 radical (unpaired) electrons. The number of benzene rings is 1. The van der Waals surface area contributed by atoms with E-state index in [0.717, 1.165) is 24.9 Å². The highest BCUT2D eigenvalue weighted by atomic mass is 35.7. The lowest BCUT2D eigenvalue weighted by atomic mass is 10.1. The molecule has 15 heavy (non-hydrogen) atoms. The predicted octanol–water partition coefficient (Wildman–Crippen LogP) is 2.04. The molecule has 5 heteroatoms. The molecular formula is C10H12ClNO2S. The molecule has 0 amide bonds. The summed E-state index contributed by atoms with van der Waals surface area (Å²) in [5.41, 5.74) is 0.782. The first-order valence-electron chi connectivity index (χ1n) is 4.86. The fourth-order valence-electron chi connectivity index (χ4n) is 1.94. The summed E-state index contributed by atoms with van der Waals surface area (Å²) in [6.07, 6.45) is 2.03. The van der Waals surface area contributed by atoms with Crippen molar-refractivity contribution in [2.75, 3.05) is 6.54 Å². The zero-order valence-electron chi connectivity index (χ0n) is 8.11. The van der Waals surface area contributed by atoms with E-state index in [1.165, 1.54) is 0 Å². The maximum Gasteiger partial charge on any atom is 0.261 e. The molecule has 1 heterocycles. The Morgan fingerprint density at radius 3 is 2.67 bits per heavy atom. The third-order valence-electron chi connectivity index (χ3n) is 2.62. The molecular weight excluding hydrogens is 234 g/mol. The number of halogens is 1. The first kappa shape index (κ1) is 10.9. The highest BCUT2D eigenvalue weighted by Crippen LogP contribution is 2.30. The normalized spacial score (nSPS) is 21.8. The lowest BCUT2D eigenvalue weighted by molar-refractivity contribution is 0.598. The van der Waals surface area contributed by atoms with Gasteiger partial charge in [0.05, 0.1) is 4.90 Å². The zero-order chi connectivity index (χ0) is 10.9. The van der Waals surface area contributed by atoms with E-state index in [1.54, 1.807) is 12.1 Å². The Morgan fingerprint density at radius 2 is 2.07 bits per heavy atom. The Labute approximate surface area is 93.9 Å². The van der Waals surface area contributed by atoms with Crippen molar-refractivity contribution in [3.05, 3.63) is 29.8 Å². The van der Waals surface area contributed by atoms with E-state index < -0.39 is 9.05 Å². The van der Waals surface area contributed by atoms with Gasteiger partial charge in [0.15, 0.2) is 0 Å². The first-order valence-corrected chi connectivity index (χ1v) is 7.17. The summed E-state index contributed by atoms with van der Waals surface area (Å²) < 4.78 is 22.7. The van der Waals surface area contributed by atoms with Crippen molar-refractivity contribution < 1.29 is 8.42 Å². The van der Waals surface area contributed by atoms with Crippen LogP contribution >= 0.6 is 10.7 Å². The minimum absolute atomic E-state index is 0.120. The van der Waals surface area contributed by atoms with Crippen molar-refractivity contribution >= 4 is 19.7 Å². The molecule has 1 aliphatic rings. The van der Waals surface area contributed by atoms with Crippen LogP contribution in [0.5, 0.6) is 0 Å². The van der Waals surface area contributed by atoms with Crippen LogP contribution in [0, 0.1) is 0 Å². The van der Waals surface area contributed by atoms with Crippen LogP contribution in [0.25, 0.3) is 0 Å². The molecule has 1 aliphatic heterocycles. The maximum absolute atomic E-state index is 11.3. The third-order valence-corrected chi connectivity index (χ3v) is 4.01. The summed E-state index contributed by atoms with van der Waals surface area (Å²) in [5, 5.41) is 3.26. The molecule has 0 bridgehead atoms. The fourth-order valence-corrected chi connectivity index (χ4v) is 3.09. The molecule has 82 valence electrons. The van der Waals surface area contributed by atoms with Crippen molar-refractivity contribution in [2.24, 2.45) is 0 Å². The molecule has 1 atom stereocenters. The molecule has 3 nitrogen and oxygen atoms in total. The van der Waals surface area contributed by atoms with Crippen molar-refractivity contribution in [1.82, 2.24) is 5.32 Å². The average Bonchev–Trinajstić information content (AvgIpc) is 2.69. The Morgan fingerprint density at radius 1 is 1.33 bits per heavy atom. The van der Waals surface area contributed by atoms with Gasteiger partial charge in [-0.15, -0.1) is 0 Å². The van der Waals surface area contributed by atoms with Gasteiger partial charge in [0.25, 0.3) is 9.05 Å². The van der Waals surface area contributed by atoms with Crippen molar-refractivity contribution in [3.63, 3.8) is 0 Å². The summed E-state index contributed by atoms with van der Waals surface area (Å²) >= 11 is 0. The Kier molecular flexibility index (Phi) is 3.00. The van der Waals surface area contributed by atoms with E-state index in [2.05, 4.69) is 5.32 Å². The second-order valence-electron chi connectivity index (χ2n) is 3.62. The number of hydrogen-bond donors (Lipinski definition) is 1. The Bertz CT molecular complexity index is 452. The molecule has 1 aromatic carbocycles. The van der Waals surface area contributed by atoms with E-state index in [1.807, 2.05) is 12.1 Å². The summed E-state index contributed by atoms with van der Waals surface area (Å²) in [4.78, 5) is 0.228. The Balaban J connectivity index is 2.46. The minimum atomic E-state index is -3.64. The van der Waals surface area contributed by atoms with Gasteiger partial charge in [-0.2, -0.15) is 0 Å². The van der Waals surface area contributed by atoms with Crippen LogP contribution in [-0.2, 0) is 9.05 Å². The van der Waals surface area contributed by atoms with Gasteiger partial charge in [0.2, 0.25) is 0 Å². The largest absolute Gasteiger partial charge is 0.310 e. The highest BCUT2D eigenvalue weighted by Gasteiger charge is 2.23. The summed E-state index contributed by atoms with van der Waals surface area (Å²) in [7, 11) is 1.75. The third kappa shape index (κ3) is 2.33. The molecule has 0 aliphatic carbocycles. The van der Waals surface area contributed by atoms with Gasteiger partial charge < -0.3 is 5.32 Å². The molecule has 0 aromatic heterocycles. The molecule has 1 unspecified atom stereocenters. The van der Waals surface area contributed by atoms with Crippen molar-refractivity contribution in [1.29, 1.82) is 0 Å². The van der Waals surface area contributed by atoms with Crippen LogP contribution in [0.3, 0.4) is 0 Å². The van der Waals surface area contributed by atoms with Gasteiger partial charge in [-0.1, -0.05) is 18.2 Å². The number of nitrogens with one attached hydrogen (secondary N) is 1. The summed E-state index contributed by atoms with van der Waals surface area (Å²) in [6.45, 7) is 0.932. The fraction of sp³-hybridized carbons (Fsp3) is 0.400. The molecule has 2 rings (SSSR count). The van der Waals surface area contributed by atoms with Crippen molar-refractivity contribution in [2.45, 2.75) is 23.8 Å². The number of hydrogen-bond acceptors (Lipinski definition) is 3. The van der Waals surface area contributed by atoms with E-state index in [4.69, 9.17) is 10.7 Å². The van der Waals surface area contributed by atoms with Gasteiger partial charge >= 0.3 is 0 Å². The minimum Gasteiger partial charge on any atom is -0.310 e. The number of rotatable bonds is 2. The van der Waals surface area contributed by atoms with Crippen LogP contribution in [0.15, 0.2) is 29.2 Å². The van der Waals surface area contributed by atoms with E-state index in [-0.39, 0.29) is 10.9 Å². The van der Waals surface area contributed by atoms with Crippen LogP contribution in [-0.4, -0.2) is 15.0 Å². The SMILES string of the molecule is O=S(=O)(Cl)c1ccccc1C1CCCN1. The maximum atomic E-state index is 11.3. The van der Waals surface area contributed by atoms with Crippen LogP contribution in [0.4, 0.5) is 0 Å². The summed E-state index contributed by atoms with van der Waals surface area (Å²) in [6, 6.07) is 7.01. The molecule has 1 fully saturated rings. The second kappa shape index (κ2) is 4.12. The summed E-state index contributed by atoms with van der Waals surface area (Å²) in [5.74, 6) is 0. The quantitative estimate of drug-likeness (QED) is 0.811. The van der Waals surface area contributed by atoms with Crippen molar-refractivity contribution in [3.8, 4) is 0 Å². The topological polar surface area (TPSA) is 46.2 Å². The van der Waals surface area contributed by atoms with Crippen LogP contribution < -0.4 is 5.32 Å². The van der Waals surface area contributed by atoms with E-state index >= 15 is 0 Å². The predicted molar refractivity (Wildman–Crippen MR) is 59.5 cm³/mol. The van der Waals surface area contributed by atoms with E-state index in [0.29, 0.717) is 0 Å². The zero-order valence-corrected chi connectivity index (χ0v) is 9.68. The smallest absolute Gasteiger partial charge is 0.261 e. The Hall–Kier alpha value is -0.580. The lowest BCUT2D eigenvalue weighted by Crippen LogP contribution is -2.15. The van der Waals surface area contributed by atoms with Gasteiger partial charge in [-0.05, 0) is 31.0 Å². The molecule has 0 spiro atoms.